The Labute approximate surface area is 136 Å². The standard InChI is InChI=1S/C17H26BrFN2/c1-4-17(5-2,21-11-6-7-12-21)16(20-3)13-9-8-10-14(18)15(13)19/h8-10,16,20H,4-7,11-12H2,1-3H3. The third-order valence-electron chi connectivity index (χ3n) is 5.08. The van der Waals surface area contributed by atoms with Crippen molar-refractivity contribution in [3.8, 4) is 0 Å². The van der Waals surface area contributed by atoms with Crippen molar-refractivity contribution in [2.24, 2.45) is 0 Å². The Morgan fingerprint density at radius 1 is 1.29 bits per heavy atom. The molecule has 1 aromatic carbocycles. The minimum absolute atomic E-state index is 0.00287. The van der Waals surface area contributed by atoms with Crippen molar-refractivity contribution < 1.29 is 4.39 Å². The summed E-state index contributed by atoms with van der Waals surface area (Å²) in [5.74, 6) is -0.137. The molecule has 1 heterocycles. The highest BCUT2D eigenvalue weighted by Crippen LogP contribution is 2.40. The fraction of sp³-hybridized carbons (Fsp3) is 0.647. The second kappa shape index (κ2) is 7.21. The Hall–Kier alpha value is -0.450. The van der Waals surface area contributed by atoms with Crippen molar-refractivity contribution in [3.63, 3.8) is 0 Å². The van der Waals surface area contributed by atoms with Gasteiger partial charge in [0.05, 0.1) is 10.5 Å². The normalized spacial score (nSPS) is 18.1. The lowest BCUT2D eigenvalue weighted by molar-refractivity contribution is 0.0633. The van der Waals surface area contributed by atoms with E-state index in [1.807, 2.05) is 19.2 Å². The number of rotatable bonds is 6. The molecular weight excluding hydrogens is 331 g/mol. The van der Waals surface area contributed by atoms with Crippen LogP contribution in [0.15, 0.2) is 22.7 Å². The molecular formula is C17H26BrFN2. The second-order valence-electron chi connectivity index (χ2n) is 5.87. The molecule has 0 radical (unpaired) electrons. The van der Waals surface area contributed by atoms with Gasteiger partial charge >= 0.3 is 0 Å². The first-order chi connectivity index (χ1) is 10.1. The van der Waals surface area contributed by atoms with Crippen molar-refractivity contribution in [1.82, 2.24) is 10.2 Å². The van der Waals surface area contributed by atoms with Crippen molar-refractivity contribution in [2.75, 3.05) is 20.1 Å². The molecule has 1 N–H and O–H groups in total. The van der Waals surface area contributed by atoms with Crippen LogP contribution in [-0.4, -0.2) is 30.6 Å². The van der Waals surface area contributed by atoms with Gasteiger partial charge in [0.15, 0.2) is 0 Å². The maximum Gasteiger partial charge on any atom is 0.142 e. The van der Waals surface area contributed by atoms with Gasteiger partial charge in [0, 0.05) is 11.1 Å². The summed E-state index contributed by atoms with van der Waals surface area (Å²) in [4.78, 5) is 2.56. The highest BCUT2D eigenvalue weighted by molar-refractivity contribution is 9.10. The lowest BCUT2D eigenvalue weighted by atomic mass is 9.79. The minimum atomic E-state index is -0.137. The highest BCUT2D eigenvalue weighted by Gasteiger charge is 2.43. The largest absolute Gasteiger partial charge is 0.311 e. The van der Waals surface area contributed by atoms with Crippen molar-refractivity contribution in [1.29, 1.82) is 0 Å². The number of halogens is 2. The summed E-state index contributed by atoms with van der Waals surface area (Å²) in [6.07, 6.45) is 4.53. The molecule has 118 valence electrons. The number of likely N-dealkylation sites (N-methyl/N-ethyl adjacent to an activating group) is 1. The molecule has 4 heteroatoms. The summed E-state index contributed by atoms with van der Waals surface area (Å²) in [5.41, 5.74) is 0.745. The molecule has 2 rings (SSSR count). The Morgan fingerprint density at radius 2 is 1.90 bits per heavy atom. The summed E-state index contributed by atoms with van der Waals surface area (Å²) in [7, 11) is 1.95. The predicted molar refractivity (Wildman–Crippen MR) is 90.0 cm³/mol. The molecule has 0 spiro atoms. The van der Waals surface area contributed by atoms with Crippen LogP contribution in [0.1, 0.15) is 51.1 Å². The summed E-state index contributed by atoms with van der Waals surface area (Å²) >= 11 is 3.32. The highest BCUT2D eigenvalue weighted by atomic mass is 79.9. The van der Waals surface area contributed by atoms with E-state index in [0.29, 0.717) is 4.47 Å². The van der Waals surface area contributed by atoms with Crippen LogP contribution in [0.4, 0.5) is 4.39 Å². The zero-order valence-electron chi connectivity index (χ0n) is 13.3. The Balaban J connectivity index is 2.46. The molecule has 1 saturated heterocycles. The number of likely N-dealkylation sites (tertiary alicyclic amines) is 1. The summed E-state index contributed by atoms with van der Waals surface area (Å²) in [5, 5.41) is 3.40. The van der Waals surface area contributed by atoms with Crippen LogP contribution in [0, 0.1) is 5.82 Å². The molecule has 0 amide bonds. The average Bonchev–Trinajstić information content (AvgIpc) is 3.03. The molecule has 1 aliphatic rings. The van der Waals surface area contributed by atoms with Gasteiger partial charge in [-0.3, -0.25) is 4.90 Å². The van der Waals surface area contributed by atoms with E-state index in [9.17, 15) is 4.39 Å². The number of hydrogen-bond acceptors (Lipinski definition) is 2. The molecule has 1 fully saturated rings. The lowest BCUT2D eigenvalue weighted by Crippen LogP contribution is -2.54. The summed E-state index contributed by atoms with van der Waals surface area (Å²) in [6.45, 7) is 6.69. The van der Waals surface area contributed by atoms with E-state index in [1.54, 1.807) is 6.07 Å². The first kappa shape index (κ1) is 16.9. The molecule has 0 aliphatic carbocycles. The van der Waals surface area contributed by atoms with Crippen LogP contribution in [0.2, 0.25) is 0 Å². The second-order valence-corrected chi connectivity index (χ2v) is 6.72. The molecule has 0 bridgehead atoms. The van der Waals surface area contributed by atoms with Gasteiger partial charge in [0.2, 0.25) is 0 Å². The molecule has 0 aromatic heterocycles. The molecule has 21 heavy (non-hydrogen) atoms. The van der Waals surface area contributed by atoms with E-state index < -0.39 is 0 Å². The van der Waals surface area contributed by atoms with Crippen molar-refractivity contribution in [3.05, 3.63) is 34.1 Å². The monoisotopic (exact) mass is 356 g/mol. The molecule has 1 atom stereocenters. The number of hydrogen-bond donors (Lipinski definition) is 1. The van der Waals surface area contributed by atoms with Crippen LogP contribution in [-0.2, 0) is 0 Å². The van der Waals surface area contributed by atoms with Crippen molar-refractivity contribution in [2.45, 2.75) is 51.1 Å². The predicted octanol–water partition coefficient (Wildman–Crippen LogP) is 4.50. The molecule has 2 nitrogen and oxygen atoms in total. The van der Waals surface area contributed by atoms with Crippen LogP contribution in [0.5, 0.6) is 0 Å². The fourth-order valence-corrected chi connectivity index (χ4v) is 4.29. The number of nitrogens with zero attached hydrogens (tertiary/aromatic N) is 1. The van der Waals surface area contributed by atoms with Crippen LogP contribution in [0.3, 0.4) is 0 Å². The van der Waals surface area contributed by atoms with Gasteiger partial charge in [0.25, 0.3) is 0 Å². The fourth-order valence-electron chi connectivity index (χ4n) is 3.91. The smallest absolute Gasteiger partial charge is 0.142 e. The number of benzene rings is 1. The van der Waals surface area contributed by atoms with E-state index in [2.05, 4.69) is 40.0 Å². The summed E-state index contributed by atoms with van der Waals surface area (Å²) < 4.78 is 15.2. The number of nitrogens with one attached hydrogen (secondary N) is 1. The minimum Gasteiger partial charge on any atom is -0.311 e. The van der Waals surface area contributed by atoms with Crippen LogP contribution < -0.4 is 5.32 Å². The maximum absolute atomic E-state index is 14.6. The van der Waals surface area contributed by atoms with Crippen LogP contribution in [0.25, 0.3) is 0 Å². The third-order valence-corrected chi connectivity index (χ3v) is 5.69. The van der Waals surface area contributed by atoms with Gasteiger partial charge in [0.1, 0.15) is 5.82 Å². The van der Waals surface area contributed by atoms with Gasteiger partial charge in [-0.05, 0) is 67.8 Å². The average molecular weight is 357 g/mol. The zero-order valence-corrected chi connectivity index (χ0v) is 14.8. The van der Waals surface area contributed by atoms with Gasteiger partial charge in [-0.15, -0.1) is 0 Å². The van der Waals surface area contributed by atoms with E-state index in [0.717, 1.165) is 31.5 Å². The van der Waals surface area contributed by atoms with Gasteiger partial charge in [-0.25, -0.2) is 4.39 Å². The zero-order chi connectivity index (χ0) is 15.5. The Kier molecular flexibility index (Phi) is 5.81. The maximum atomic E-state index is 14.6. The van der Waals surface area contributed by atoms with E-state index in [4.69, 9.17) is 0 Å². The first-order valence-corrected chi connectivity index (χ1v) is 8.76. The van der Waals surface area contributed by atoms with Crippen LogP contribution >= 0.6 is 15.9 Å². The van der Waals surface area contributed by atoms with E-state index >= 15 is 0 Å². The quantitative estimate of drug-likeness (QED) is 0.806. The molecule has 1 aliphatic heterocycles. The molecule has 1 unspecified atom stereocenters. The third kappa shape index (κ3) is 3.03. The molecule has 0 saturated carbocycles. The van der Waals surface area contributed by atoms with E-state index in [1.165, 1.54) is 12.8 Å². The van der Waals surface area contributed by atoms with E-state index in [-0.39, 0.29) is 17.4 Å². The summed E-state index contributed by atoms with van der Waals surface area (Å²) in [6, 6.07) is 5.61. The molecule has 1 aromatic rings. The van der Waals surface area contributed by atoms with Gasteiger partial charge < -0.3 is 5.32 Å². The van der Waals surface area contributed by atoms with Crippen molar-refractivity contribution >= 4 is 15.9 Å². The topological polar surface area (TPSA) is 15.3 Å². The van der Waals surface area contributed by atoms with Gasteiger partial charge in [-0.2, -0.15) is 0 Å². The Morgan fingerprint density at radius 3 is 2.43 bits per heavy atom. The first-order valence-electron chi connectivity index (χ1n) is 7.97. The Bertz CT molecular complexity index is 468. The van der Waals surface area contributed by atoms with Gasteiger partial charge in [-0.1, -0.05) is 26.0 Å². The SMILES string of the molecule is CCC(CC)(C(NC)c1cccc(Br)c1F)N1CCCC1. The lowest BCUT2D eigenvalue weighted by Gasteiger charge is -2.47.